The number of methoxy groups -OCH3 is 1. The molecule has 0 saturated heterocycles. The molecule has 1 aromatic carbocycles. The average molecular weight is 278 g/mol. The fraction of sp³-hybridized carbons (Fsp3) is 0.429. The number of benzene rings is 1. The van der Waals surface area contributed by atoms with Crippen molar-refractivity contribution in [2.45, 2.75) is 25.9 Å². The molecule has 1 heterocycles. The van der Waals surface area contributed by atoms with Crippen LogP contribution in [0.15, 0.2) is 18.2 Å². The van der Waals surface area contributed by atoms with E-state index in [2.05, 4.69) is 15.4 Å². The first-order valence-corrected chi connectivity index (χ1v) is 6.41. The first kappa shape index (κ1) is 14.3. The molecule has 1 aromatic rings. The average Bonchev–Trinajstić information content (AvgIpc) is 2.45. The molecule has 0 aromatic heterocycles. The molecular weight excluding hydrogens is 260 g/mol. The quantitative estimate of drug-likeness (QED) is 0.810. The number of carbonyl (C=O) groups excluding carboxylic acids is 2. The monoisotopic (exact) mass is 278 g/mol. The third-order valence-electron chi connectivity index (χ3n) is 3.19. The van der Waals surface area contributed by atoms with Crippen LogP contribution in [0.4, 0.5) is 5.69 Å². The van der Waals surface area contributed by atoms with E-state index in [-0.39, 0.29) is 24.5 Å². The highest BCUT2D eigenvalue weighted by Gasteiger charge is 2.20. The summed E-state index contributed by atoms with van der Waals surface area (Å²) in [7, 11) is 1.36. The standard InChI is InChI=1S/C14H18N2O4/c1-8(15-9(2)14(18)19-3)10-4-5-12-11(6-10)16-13(17)7-20-12/h4-6,8-9,15H,7H2,1-3H3,(H,16,17)/t8?,9-/m0/s1. The van der Waals surface area contributed by atoms with E-state index in [1.54, 1.807) is 6.92 Å². The Morgan fingerprint density at radius 1 is 1.45 bits per heavy atom. The van der Waals surface area contributed by atoms with Crippen molar-refractivity contribution in [2.75, 3.05) is 19.0 Å². The van der Waals surface area contributed by atoms with Crippen LogP contribution in [-0.4, -0.2) is 31.6 Å². The zero-order valence-electron chi connectivity index (χ0n) is 11.7. The number of esters is 1. The minimum Gasteiger partial charge on any atom is -0.482 e. The molecule has 1 aliphatic heterocycles. The lowest BCUT2D eigenvalue weighted by Crippen LogP contribution is -2.36. The number of ether oxygens (including phenoxy) is 2. The van der Waals surface area contributed by atoms with Gasteiger partial charge in [0.2, 0.25) is 0 Å². The van der Waals surface area contributed by atoms with E-state index < -0.39 is 6.04 Å². The molecular formula is C14H18N2O4. The summed E-state index contributed by atoms with van der Waals surface area (Å²) in [6.07, 6.45) is 0. The maximum Gasteiger partial charge on any atom is 0.322 e. The lowest BCUT2D eigenvalue weighted by atomic mass is 10.1. The van der Waals surface area contributed by atoms with Crippen LogP contribution in [0.2, 0.25) is 0 Å². The second-order valence-corrected chi connectivity index (χ2v) is 4.73. The van der Waals surface area contributed by atoms with Crippen molar-refractivity contribution in [1.29, 1.82) is 0 Å². The zero-order valence-corrected chi connectivity index (χ0v) is 11.7. The van der Waals surface area contributed by atoms with Crippen LogP contribution in [0.3, 0.4) is 0 Å². The Kier molecular flexibility index (Phi) is 4.24. The second kappa shape index (κ2) is 5.92. The number of amides is 1. The summed E-state index contributed by atoms with van der Waals surface area (Å²) in [5, 5.41) is 5.90. The predicted octanol–water partition coefficient (Wildman–Crippen LogP) is 1.23. The van der Waals surface area contributed by atoms with E-state index in [4.69, 9.17) is 4.74 Å². The van der Waals surface area contributed by atoms with Gasteiger partial charge < -0.3 is 14.8 Å². The summed E-state index contributed by atoms with van der Waals surface area (Å²) < 4.78 is 9.98. The summed E-state index contributed by atoms with van der Waals surface area (Å²) in [5.41, 5.74) is 1.60. The van der Waals surface area contributed by atoms with E-state index in [0.29, 0.717) is 11.4 Å². The molecule has 0 radical (unpaired) electrons. The van der Waals surface area contributed by atoms with Gasteiger partial charge in [0.15, 0.2) is 6.61 Å². The van der Waals surface area contributed by atoms with E-state index in [9.17, 15) is 9.59 Å². The van der Waals surface area contributed by atoms with Gasteiger partial charge in [-0.2, -0.15) is 0 Å². The molecule has 0 fully saturated rings. The van der Waals surface area contributed by atoms with Gasteiger partial charge in [-0.05, 0) is 31.5 Å². The first-order chi connectivity index (χ1) is 9.51. The van der Waals surface area contributed by atoms with Gasteiger partial charge in [-0.25, -0.2) is 0 Å². The van der Waals surface area contributed by atoms with Crippen LogP contribution in [0.25, 0.3) is 0 Å². The van der Waals surface area contributed by atoms with Gasteiger partial charge in [0.25, 0.3) is 5.91 Å². The van der Waals surface area contributed by atoms with Crippen molar-refractivity contribution in [3.8, 4) is 5.75 Å². The third kappa shape index (κ3) is 3.08. The smallest absolute Gasteiger partial charge is 0.322 e. The highest BCUT2D eigenvalue weighted by atomic mass is 16.5. The van der Waals surface area contributed by atoms with Gasteiger partial charge in [0.05, 0.1) is 12.8 Å². The maximum atomic E-state index is 11.4. The number of carbonyl (C=O) groups is 2. The Balaban J connectivity index is 2.11. The molecule has 6 nitrogen and oxygen atoms in total. The second-order valence-electron chi connectivity index (χ2n) is 4.73. The van der Waals surface area contributed by atoms with E-state index in [1.807, 2.05) is 25.1 Å². The molecule has 2 N–H and O–H groups in total. The molecule has 0 aliphatic carbocycles. The largest absolute Gasteiger partial charge is 0.482 e. The van der Waals surface area contributed by atoms with Crippen LogP contribution >= 0.6 is 0 Å². The Hall–Kier alpha value is -2.08. The fourth-order valence-electron chi connectivity index (χ4n) is 2.09. The van der Waals surface area contributed by atoms with Gasteiger partial charge in [-0.3, -0.25) is 14.9 Å². The Morgan fingerprint density at radius 3 is 2.90 bits per heavy atom. The number of rotatable bonds is 4. The number of hydrogen-bond acceptors (Lipinski definition) is 5. The molecule has 2 rings (SSSR count). The maximum absolute atomic E-state index is 11.4. The SMILES string of the molecule is COC(=O)[C@H](C)NC(C)c1ccc2c(c1)NC(=O)CO2. The van der Waals surface area contributed by atoms with E-state index in [1.165, 1.54) is 7.11 Å². The summed E-state index contributed by atoms with van der Waals surface area (Å²) in [6, 6.07) is 5.09. The zero-order chi connectivity index (χ0) is 14.7. The Labute approximate surface area is 117 Å². The first-order valence-electron chi connectivity index (χ1n) is 6.41. The Bertz CT molecular complexity index is 530. The van der Waals surface area contributed by atoms with Gasteiger partial charge in [0, 0.05) is 6.04 Å². The fourth-order valence-corrected chi connectivity index (χ4v) is 2.09. The van der Waals surface area contributed by atoms with Gasteiger partial charge in [-0.1, -0.05) is 6.07 Å². The summed E-state index contributed by atoms with van der Waals surface area (Å²) in [5.74, 6) is 0.172. The summed E-state index contributed by atoms with van der Waals surface area (Å²) >= 11 is 0. The van der Waals surface area contributed by atoms with Gasteiger partial charge in [-0.15, -0.1) is 0 Å². The molecule has 20 heavy (non-hydrogen) atoms. The molecule has 0 saturated carbocycles. The normalized spacial score (nSPS) is 16.4. The van der Waals surface area contributed by atoms with Crippen LogP contribution < -0.4 is 15.4 Å². The molecule has 1 unspecified atom stereocenters. The lowest BCUT2D eigenvalue weighted by molar-refractivity contribution is -0.142. The van der Waals surface area contributed by atoms with Crippen molar-refractivity contribution < 1.29 is 19.1 Å². The van der Waals surface area contributed by atoms with Gasteiger partial charge >= 0.3 is 5.97 Å². The lowest BCUT2D eigenvalue weighted by Gasteiger charge is -2.22. The predicted molar refractivity (Wildman–Crippen MR) is 73.6 cm³/mol. The number of fused-ring (bicyclic) bond motifs is 1. The van der Waals surface area contributed by atoms with Crippen molar-refractivity contribution in [3.05, 3.63) is 23.8 Å². The minimum atomic E-state index is -0.406. The molecule has 0 spiro atoms. The molecule has 1 amide bonds. The van der Waals surface area contributed by atoms with Crippen molar-refractivity contribution >= 4 is 17.6 Å². The molecule has 108 valence electrons. The Morgan fingerprint density at radius 2 is 2.20 bits per heavy atom. The van der Waals surface area contributed by atoms with E-state index >= 15 is 0 Å². The molecule has 0 bridgehead atoms. The molecule has 1 aliphatic rings. The number of hydrogen-bond donors (Lipinski definition) is 2. The highest BCUT2D eigenvalue weighted by Crippen LogP contribution is 2.30. The summed E-state index contributed by atoms with van der Waals surface area (Å²) in [4.78, 5) is 22.7. The van der Waals surface area contributed by atoms with E-state index in [0.717, 1.165) is 5.56 Å². The van der Waals surface area contributed by atoms with Crippen LogP contribution in [0, 0.1) is 0 Å². The van der Waals surface area contributed by atoms with Crippen molar-refractivity contribution in [1.82, 2.24) is 5.32 Å². The van der Waals surface area contributed by atoms with Crippen molar-refractivity contribution in [2.24, 2.45) is 0 Å². The van der Waals surface area contributed by atoms with Crippen LogP contribution in [0.5, 0.6) is 5.75 Å². The van der Waals surface area contributed by atoms with Crippen molar-refractivity contribution in [3.63, 3.8) is 0 Å². The third-order valence-corrected chi connectivity index (χ3v) is 3.19. The molecule has 6 heteroatoms. The molecule has 2 atom stereocenters. The number of nitrogens with one attached hydrogen (secondary N) is 2. The highest BCUT2D eigenvalue weighted by molar-refractivity contribution is 5.95. The van der Waals surface area contributed by atoms with Crippen LogP contribution in [-0.2, 0) is 14.3 Å². The topological polar surface area (TPSA) is 76.7 Å². The van der Waals surface area contributed by atoms with Gasteiger partial charge in [0.1, 0.15) is 11.8 Å². The number of anilines is 1. The minimum absolute atomic E-state index is 0.0412. The van der Waals surface area contributed by atoms with Crippen LogP contribution in [0.1, 0.15) is 25.5 Å². The summed E-state index contributed by atoms with van der Waals surface area (Å²) in [6.45, 7) is 3.72.